The second kappa shape index (κ2) is 6.88. The highest BCUT2D eigenvalue weighted by molar-refractivity contribution is 5.95. The van der Waals surface area contributed by atoms with Crippen LogP contribution in [0.1, 0.15) is 19.8 Å². The van der Waals surface area contributed by atoms with Crippen molar-refractivity contribution < 1.29 is 14.3 Å². The number of hydrogen-bond donors (Lipinski definition) is 1. The number of ether oxygens (including phenoxy) is 2. The Labute approximate surface area is 147 Å². The van der Waals surface area contributed by atoms with Gasteiger partial charge in [0.2, 0.25) is 5.91 Å². The van der Waals surface area contributed by atoms with Crippen LogP contribution in [0, 0.1) is 0 Å². The molecule has 2 saturated heterocycles. The fraction of sp³-hybridized carbons (Fsp3) is 0.474. The molecule has 4 rings (SSSR count). The van der Waals surface area contributed by atoms with Crippen LogP contribution in [0.2, 0.25) is 0 Å². The van der Waals surface area contributed by atoms with E-state index in [9.17, 15) is 4.79 Å². The smallest absolute Gasteiger partial charge is 0.246 e. The van der Waals surface area contributed by atoms with Crippen molar-refractivity contribution in [2.45, 2.75) is 31.9 Å². The van der Waals surface area contributed by atoms with Gasteiger partial charge in [-0.05, 0) is 25.0 Å². The van der Waals surface area contributed by atoms with E-state index < -0.39 is 0 Å². The number of rotatable bonds is 4. The lowest BCUT2D eigenvalue weighted by atomic mass is 9.99. The molecule has 25 heavy (non-hydrogen) atoms. The number of para-hydroxylation sites is 1. The van der Waals surface area contributed by atoms with E-state index in [0.717, 1.165) is 48.3 Å². The lowest BCUT2D eigenvalue weighted by Crippen LogP contribution is -2.60. The topological polar surface area (TPSA) is 63.7 Å². The largest absolute Gasteiger partial charge is 0.491 e. The highest BCUT2D eigenvalue weighted by atomic mass is 16.5. The molecule has 0 bridgehead atoms. The molecular formula is C19H23N3O3. The first-order chi connectivity index (χ1) is 12.3. The van der Waals surface area contributed by atoms with Crippen LogP contribution in [0.4, 0.5) is 5.69 Å². The molecule has 2 atom stereocenters. The fourth-order valence-corrected chi connectivity index (χ4v) is 3.66. The molecule has 0 radical (unpaired) electrons. The summed E-state index contributed by atoms with van der Waals surface area (Å²) >= 11 is 0. The van der Waals surface area contributed by atoms with Gasteiger partial charge in [0.05, 0.1) is 18.8 Å². The van der Waals surface area contributed by atoms with E-state index in [0.29, 0.717) is 6.61 Å². The molecule has 2 aromatic rings. The predicted molar refractivity (Wildman–Crippen MR) is 96.0 cm³/mol. The van der Waals surface area contributed by atoms with Gasteiger partial charge in [-0.15, -0.1) is 0 Å². The Morgan fingerprint density at radius 2 is 2.32 bits per heavy atom. The molecule has 1 aromatic heterocycles. The lowest BCUT2D eigenvalue weighted by molar-refractivity contribution is -0.137. The summed E-state index contributed by atoms with van der Waals surface area (Å²) in [7, 11) is 0. The first-order valence-electron chi connectivity index (χ1n) is 8.92. The highest BCUT2D eigenvalue weighted by Crippen LogP contribution is 2.33. The predicted octanol–water partition coefficient (Wildman–Crippen LogP) is 2.12. The van der Waals surface area contributed by atoms with E-state index in [2.05, 4.69) is 28.2 Å². The molecule has 0 spiro atoms. The molecule has 0 unspecified atom stereocenters. The Bertz CT molecular complexity index is 780. The summed E-state index contributed by atoms with van der Waals surface area (Å²) in [5.74, 6) is 0.795. The van der Waals surface area contributed by atoms with E-state index >= 15 is 0 Å². The first kappa shape index (κ1) is 16.1. The number of fused-ring (bicyclic) bond motifs is 2. The van der Waals surface area contributed by atoms with Gasteiger partial charge in [0, 0.05) is 30.4 Å². The van der Waals surface area contributed by atoms with E-state index in [1.54, 1.807) is 0 Å². The van der Waals surface area contributed by atoms with E-state index in [1.165, 1.54) is 0 Å². The molecule has 6 heteroatoms. The molecule has 6 nitrogen and oxygen atoms in total. The number of anilines is 1. The van der Waals surface area contributed by atoms with Gasteiger partial charge in [-0.25, -0.2) is 0 Å². The zero-order chi connectivity index (χ0) is 17.2. The van der Waals surface area contributed by atoms with Gasteiger partial charge in [0.1, 0.15) is 17.9 Å². The Balaban J connectivity index is 1.64. The number of piperidine rings is 1. The third kappa shape index (κ3) is 3.14. The van der Waals surface area contributed by atoms with Crippen LogP contribution in [0.3, 0.4) is 0 Å². The molecule has 1 aromatic carbocycles. The molecule has 1 N–H and O–H groups in total. The van der Waals surface area contributed by atoms with Crippen LogP contribution in [0.15, 0.2) is 30.5 Å². The molecule has 0 aliphatic carbocycles. The monoisotopic (exact) mass is 341 g/mol. The number of aromatic nitrogens is 1. The number of amides is 1. The molecule has 2 aliphatic heterocycles. The van der Waals surface area contributed by atoms with E-state index in [1.807, 2.05) is 24.4 Å². The Kier molecular flexibility index (Phi) is 4.44. The van der Waals surface area contributed by atoms with Gasteiger partial charge in [0.15, 0.2) is 0 Å². The van der Waals surface area contributed by atoms with E-state index in [-0.39, 0.29) is 24.7 Å². The number of pyridine rings is 1. The summed E-state index contributed by atoms with van der Waals surface area (Å²) in [6, 6.07) is 8.14. The molecule has 1 amide bonds. The summed E-state index contributed by atoms with van der Waals surface area (Å²) in [5.41, 5.74) is 2.02. The average Bonchev–Trinajstić information content (AvgIpc) is 2.65. The van der Waals surface area contributed by atoms with Crippen LogP contribution in [0.25, 0.3) is 10.9 Å². The summed E-state index contributed by atoms with van der Waals surface area (Å²) in [6.07, 6.45) is 3.81. The van der Waals surface area contributed by atoms with E-state index in [4.69, 9.17) is 9.47 Å². The number of hydrogen-bond acceptors (Lipinski definition) is 5. The van der Waals surface area contributed by atoms with Gasteiger partial charge in [-0.2, -0.15) is 0 Å². The van der Waals surface area contributed by atoms with Crippen molar-refractivity contribution in [1.29, 1.82) is 0 Å². The zero-order valence-corrected chi connectivity index (χ0v) is 14.4. The third-order valence-electron chi connectivity index (χ3n) is 4.84. The van der Waals surface area contributed by atoms with Crippen molar-refractivity contribution >= 4 is 22.5 Å². The van der Waals surface area contributed by atoms with Crippen molar-refractivity contribution in [2.24, 2.45) is 0 Å². The van der Waals surface area contributed by atoms with Crippen molar-refractivity contribution in [3.63, 3.8) is 0 Å². The van der Waals surface area contributed by atoms with Gasteiger partial charge in [-0.3, -0.25) is 9.78 Å². The minimum Gasteiger partial charge on any atom is -0.491 e. The Morgan fingerprint density at radius 1 is 1.40 bits per heavy atom. The standard InChI is InChI=1S/C19H23N3O3/c1-2-10-24-17-5-3-4-13-15(6-8-20-19(13)17)22-9-7-16-14(11-22)21-18(23)12-25-16/h3-6,8,14,16H,2,7,9-12H2,1H3,(H,21,23)/t14-,16-/m0/s1. The molecule has 132 valence electrons. The summed E-state index contributed by atoms with van der Waals surface area (Å²) < 4.78 is 11.5. The zero-order valence-electron chi connectivity index (χ0n) is 14.4. The second-order valence-corrected chi connectivity index (χ2v) is 6.59. The fourth-order valence-electron chi connectivity index (χ4n) is 3.66. The first-order valence-corrected chi connectivity index (χ1v) is 8.92. The number of carbonyl (C=O) groups excluding carboxylic acids is 1. The molecule has 2 aliphatic rings. The minimum atomic E-state index is -0.0297. The van der Waals surface area contributed by atoms with Crippen LogP contribution in [-0.2, 0) is 9.53 Å². The quantitative estimate of drug-likeness (QED) is 0.923. The van der Waals surface area contributed by atoms with Crippen molar-refractivity contribution in [2.75, 3.05) is 31.2 Å². The molecule has 3 heterocycles. The van der Waals surface area contributed by atoms with Crippen LogP contribution in [0.5, 0.6) is 5.75 Å². The van der Waals surface area contributed by atoms with Crippen molar-refractivity contribution in [1.82, 2.24) is 10.3 Å². The molecule has 2 fully saturated rings. The third-order valence-corrected chi connectivity index (χ3v) is 4.84. The van der Waals surface area contributed by atoms with Gasteiger partial charge < -0.3 is 19.7 Å². The molecular weight excluding hydrogens is 318 g/mol. The maximum atomic E-state index is 11.6. The number of nitrogens with zero attached hydrogens (tertiary/aromatic N) is 2. The Hall–Kier alpha value is -2.34. The SMILES string of the molecule is CCCOc1cccc2c(N3CC[C@@H]4OCC(=O)N[C@H]4C3)ccnc12. The normalized spacial score (nSPS) is 23.2. The second-order valence-electron chi connectivity index (χ2n) is 6.59. The van der Waals surface area contributed by atoms with Crippen LogP contribution in [-0.4, -0.2) is 49.3 Å². The van der Waals surface area contributed by atoms with Crippen LogP contribution >= 0.6 is 0 Å². The number of benzene rings is 1. The summed E-state index contributed by atoms with van der Waals surface area (Å²) in [5, 5.41) is 4.14. The number of morpholine rings is 1. The maximum absolute atomic E-state index is 11.6. The summed E-state index contributed by atoms with van der Waals surface area (Å²) in [6.45, 7) is 4.60. The number of nitrogens with one attached hydrogen (secondary N) is 1. The summed E-state index contributed by atoms with van der Waals surface area (Å²) in [4.78, 5) is 18.5. The Morgan fingerprint density at radius 3 is 3.20 bits per heavy atom. The van der Waals surface area contributed by atoms with Crippen LogP contribution < -0.4 is 15.0 Å². The number of carbonyl (C=O) groups is 1. The van der Waals surface area contributed by atoms with Gasteiger partial charge >= 0.3 is 0 Å². The average molecular weight is 341 g/mol. The minimum absolute atomic E-state index is 0.0297. The van der Waals surface area contributed by atoms with Crippen molar-refractivity contribution in [3.05, 3.63) is 30.5 Å². The van der Waals surface area contributed by atoms with Crippen molar-refractivity contribution in [3.8, 4) is 5.75 Å². The maximum Gasteiger partial charge on any atom is 0.246 e. The highest BCUT2D eigenvalue weighted by Gasteiger charge is 2.35. The lowest BCUT2D eigenvalue weighted by Gasteiger charge is -2.42. The van der Waals surface area contributed by atoms with Gasteiger partial charge in [-0.1, -0.05) is 19.1 Å². The van der Waals surface area contributed by atoms with Gasteiger partial charge in [0.25, 0.3) is 0 Å². The molecule has 0 saturated carbocycles.